The average Bonchev–Trinajstić information content (AvgIpc) is 2.80. The molecule has 7 heteroatoms. The lowest BCUT2D eigenvalue weighted by atomic mass is 10.2. The van der Waals surface area contributed by atoms with Gasteiger partial charge in [-0.3, -0.25) is 10.1 Å². The van der Waals surface area contributed by atoms with Gasteiger partial charge in [-0.2, -0.15) is 0 Å². The van der Waals surface area contributed by atoms with Crippen molar-refractivity contribution in [3.63, 3.8) is 0 Å². The summed E-state index contributed by atoms with van der Waals surface area (Å²) in [6.45, 7) is 0. The molecule has 0 aliphatic rings. The Bertz CT molecular complexity index is 829. The third kappa shape index (κ3) is 2.06. The van der Waals surface area contributed by atoms with Crippen molar-refractivity contribution in [2.24, 2.45) is 0 Å². The zero-order chi connectivity index (χ0) is 14.3. The van der Waals surface area contributed by atoms with Crippen LogP contribution in [0.25, 0.3) is 22.6 Å². The van der Waals surface area contributed by atoms with Crippen molar-refractivity contribution in [1.29, 1.82) is 0 Å². The highest BCUT2D eigenvalue weighted by Crippen LogP contribution is 2.32. The minimum atomic E-state index is -0.488. The molecule has 0 fully saturated rings. The third-order valence-electron chi connectivity index (χ3n) is 2.81. The number of benzene rings is 2. The molecule has 2 N–H and O–H groups in total. The number of aromatic nitrogens is 1. The van der Waals surface area contributed by atoms with E-state index in [1.165, 1.54) is 18.2 Å². The van der Waals surface area contributed by atoms with E-state index in [0.717, 1.165) is 0 Å². The minimum Gasteiger partial charge on any atom is -0.436 e. The molecule has 3 rings (SSSR count). The SMILES string of the molecule is Nc1ccc(-c2nc3ccc([N+](=O)[O-])cc3o2)c(Cl)c1. The number of anilines is 1. The number of nitrogens with zero attached hydrogens (tertiary/aromatic N) is 2. The Morgan fingerprint density at radius 3 is 2.75 bits per heavy atom. The number of hydrogen-bond donors (Lipinski definition) is 1. The van der Waals surface area contributed by atoms with E-state index >= 15 is 0 Å². The lowest BCUT2D eigenvalue weighted by Gasteiger charge is -1.99. The minimum absolute atomic E-state index is 0.0522. The van der Waals surface area contributed by atoms with Gasteiger partial charge in [0.15, 0.2) is 5.58 Å². The van der Waals surface area contributed by atoms with Crippen LogP contribution in [0, 0.1) is 10.1 Å². The molecule has 20 heavy (non-hydrogen) atoms. The Morgan fingerprint density at radius 1 is 1.25 bits per heavy atom. The molecule has 0 bridgehead atoms. The van der Waals surface area contributed by atoms with Crippen molar-refractivity contribution in [3.05, 3.63) is 51.5 Å². The molecule has 3 aromatic rings. The standard InChI is InChI=1S/C13H8ClN3O3/c14-10-5-7(15)1-3-9(10)13-16-11-4-2-8(17(18)19)6-12(11)20-13/h1-6H,15H2. The van der Waals surface area contributed by atoms with E-state index in [2.05, 4.69) is 4.98 Å². The number of nitro benzene ring substituents is 1. The lowest BCUT2D eigenvalue weighted by molar-refractivity contribution is -0.384. The molecule has 100 valence electrons. The maximum Gasteiger partial charge on any atom is 0.273 e. The molecular formula is C13H8ClN3O3. The van der Waals surface area contributed by atoms with Crippen LogP contribution in [0.1, 0.15) is 0 Å². The van der Waals surface area contributed by atoms with Crippen LogP contribution in [-0.4, -0.2) is 9.91 Å². The van der Waals surface area contributed by atoms with Gasteiger partial charge in [0, 0.05) is 11.8 Å². The van der Waals surface area contributed by atoms with Crippen LogP contribution in [0.2, 0.25) is 5.02 Å². The summed E-state index contributed by atoms with van der Waals surface area (Å²) in [6, 6.07) is 9.20. The van der Waals surface area contributed by atoms with Crippen molar-refractivity contribution in [2.75, 3.05) is 5.73 Å². The van der Waals surface area contributed by atoms with E-state index < -0.39 is 4.92 Å². The second-order valence-electron chi connectivity index (χ2n) is 4.17. The molecule has 1 aromatic heterocycles. The number of non-ortho nitro benzene ring substituents is 1. The van der Waals surface area contributed by atoms with Crippen molar-refractivity contribution >= 4 is 34.1 Å². The first-order valence-corrected chi connectivity index (χ1v) is 6.03. The summed E-state index contributed by atoms with van der Waals surface area (Å²) in [4.78, 5) is 14.5. The first-order valence-electron chi connectivity index (χ1n) is 5.65. The molecule has 2 aromatic carbocycles. The maximum atomic E-state index is 10.7. The summed E-state index contributed by atoms with van der Waals surface area (Å²) in [5.41, 5.74) is 7.55. The van der Waals surface area contributed by atoms with Crippen molar-refractivity contribution in [3.8, 4) is 11.5 Å². The third-order valence-corrected chi connectivity index (χ3v) is 3.12. The topological polar surface area (TPSA) is 95.2 Å². The van der Waals surface area contributed by atoms with Gasteiger partial charge in [-0.05, 0) is 24.3 Å². The summed E-state index contributed by atoms with van der Waals surface area (Å²) < 4.78 is 5.52. The largest absolute Gasteiger partial charge is 0.436 e. The molecular weight excluding hydrogens is 282 g/mol. The predicted octanol–water partition coefficient (Wildman–Crippen LogP) is 3.64. The Labute approximate surface area is 117 Å². The number of nitrogens with two attached hydrogens (primary N) is 1. The van der Waals surface area contributed by atoms with Crippen LogP contribution >= 0.6 is 11.6 Å². The molecule has 0 radical (unpaired) electrons. The zero-order valence-corrected chi connectivity index (χ0v) is 10.8. The van der Waals surface area contributed by atoms with Crippen molar-refractivity contribution < 1.29 is 9.34 Å². The van der Waals surface area contributed by atoms with E-state index in [1.807, 2.05) is 0 Å². The van der Waals surface area contributed by atoms with Gasteiger partial charge in [0.05, 0.1) is 21.6 Å². The summed E-state index contributed by atoms with van der Waals surface area (Å²) in [7, 11) is 0. The summed E-state index contributed by atoms with van der Waals surface area (Å²) >= 11 is 6.09. The first kappa shape index (κ1) is 12.4. The van der Waals surface area contributed by atoms with E-state index in [-0.39, 0.29) is 5.69 Å². The highest BCUT2D eigenvalue weighted by atomic mass is 35.5. The quantitative estimate of drug-likeness (QED) is 0.441. The van der Waals surface area contributed by atoms with E-state index in [0.29, 0.717) is 33.3 Å². The van der Waals surface area contributed by atoms with Gasteiger partial charge in [-0.1, -0.05) is 11.6 Å². The summed E-state index contributed by atoms with van der Waals surface area (Å²) in [5.74, 6) is 0.297. The van der Waals surface area contributed by atoms with Crippen molar-refractivity contribution in [2.45, 2.75) is 0 Å². The highest BCUT2D eigenvalue weighted by molar-refractivity contribution is 6.33. The number of nitro groups is 1. The van der Waals surface area contributed by atoms with Gasteiger partial charge in [0.1, 0.15) is 5.52 Å². The molecule has 0 aliphatic carbocycles. The molecule has 0 spiro atoms. The van der Waals surface area contributed by atoms with E-state index in [1.54, 1.807) is 18.2 Å². The number of halogens is 1. The Balaban J connectivity index is 2.15. The highest BCUT2D eigenvalue weighted by Gasteiger charge is 2.14. The molecule has 0 unspecified atom stereocenters. The van der Waals surface area contributed by atoms with Crippen LogP contribution in [-0.2, 0) is 0 Å². The number of hydrogen-bond acceptors (Lipinski definition) is 5. The normalized spacial score (nSPS) is 10.8. The molecule has 0 saturated carbocycles. The number of nitrogen functional groups attached to an aromatic ring is 1. The monoisotopic (exact) mass is 289 g/mol. The maximum absolute atomic E-state index is 10.7. The van der Waals surface area contributed by atoms with Crippen LogP contribution in [0.5, 0.6) is 0 Å². The lowest BCUT2D eigenvalue weighted by Crippen LogP contribution is -1.86. The molecule has 0 aliphatic heterocycles. The first-order chi connectivity index (χ1) is 9.54. The van der Waals surface area contributed by atoms with Crippen LogP contribution in [0.15, 0.2) is 40.8 Å². The van der Waals surface area contributed by atoms with Crippen LogP contribution < -0.4 is 5.73 Å². The fourth-order valence-corrected chi connectivity index (χ4v) is 2.12. The molecule has 0 amide bonds. The fraction of sp³-hybridized carbons (Fsp3) is 0. The molecule has 0 atom stereocenters. The Kier molecular flexibility index (Phi) is 2.80. The predicted molar refractivity (Wildman–Crippen MR) is 75.5 cm³/mol. The van der Waals surface area contributed by atoms with Crippen molar-refractivity contribution in [1.82, 2.24) is 4.98 Å². The van der Waals surface area contributed by atoms with Gasteiger partial charge >= 0.3 is 0 Å². The van der Waals surface area contributed by atoms with Crippen LogP contribution in [0.4, 0.5) is 11.4 Å². The second kappa shape index (κ2) is 4.50. The van der Waals surface area contributed by atoms with Gasteiger partial charge in [0.2, 0.25) is 5.89 Å². The number of fused-ring (bicyclic) bond motifs is 1. The smallest absolute Gasteiger partial charge is 0.273 e. The average molecular weight is 290 g/mol. The molecule has 0 saturated heterocycles. The summed E-state index contributed by atoms with van der Waals surface area (Å²) in [5, 5.41) is 11.1. The van der Waals surface area contributed by atoms with Gasteiger partial charge in [0.25, 0.3) is 5.69 Å². The van der Waals surface area contributed by atoms with E-state index in [9.17, 15) is 10.1 Å². The van der Waals surface area contributed by atoms with Crippen LogP contribution in [0.3, 0.4) is 0 Å². The fourth-order valence-electron chi connectivity index (χ4n) is 1.85. The number of rotatable bonds is 2. The van der Waals surface area contributed by atoms with E-state index in [4.69, 9.17) is 21.8 Å². The van der Waals surface area contributed by atoms with Gasteiger partial charge < -0.3 is 10.2 Å². The number of oxazole rings is 1. The second-order valence-corrected chi connectivity index (χ2v) is 4.57. The molecule has 1 heterocycles. The zero-order valence-electron chi connectivity index (χ0n) is 10.0. The van der Waals surface area contributed by atoms with Gasteiger partial charge in [-0.25, -0.2) is 4.98 Å². The molecule has 6 nitrogen and oxygen atoms in total. The Morgan fingerprint density at radius 2 is 2.05 bits per heavy atom. The summed E-state index contributed by atoms with van der Waals surface area (Å²) in [6.07, 6.45) is 0. The Hall–Kier alpha value is -2.60. The van der Waals surface area contributed by atoms with Gasteiger partial charge in [-0.15, -0.1) is 0 Å².